The molecule has 0 heterocycles. The van der Waals surface area contributed by atoms with Crippen LogP contribution in [-0.4, -0.2) is 6.54 Å². The van der Waals surface area contributed by atoms with Gasteiger partial charge in [-0.3, -0.25) is 0 Å². The highest BCUT2D eigenvalue weighted by molar-refractivity contribution is 5.67. The number of rotatable bonds is 1. The van der Waals surface area contributed by atoms with Gasteiger partial charge in [0.15, 0.2) is 0 Å². The molecular weight excluding hydrogens is 218 g/mol. The van der Waals surface area contributed by atoms with Gasteiger partial charge in [-0.25, -0.2) is 0 Å². The van der Waals surface area contributed by atoms with Crippen LogP contribution in [0.5, 0.6) is 0 Å². The van der Waals surface area contributed by atoms with Gasteiger partial charge in [-0.05, 0) is 22.3 Å². The normalized spacial score (nSPS) is 37.1. The summed E-state index contributed by atoms with van der Waals surface area (Å²) in [5.74, 6) is 1.95. The molecule has 0 radical (unpaired) electrons. The monoisotopic (exact) mass is 233 g/mol. The van der Waals surface area contributed by atoms with Crippen molar-refractivity contribution >= 4 is 0 Å². The SMILES string of the molecule is NCC12C3c4ccccc4[C@@H]1[C@@H]2c1ccccc13. The van der Waals surface area contributed by atoms with Crippen molar-refractivity contribution in [3.8, 4) is 0 Å². The lowest BCUT2D eigenvalue weighted by molar-refractivity contribution is 0.476. The first-order chi connectivity index (χ1) is 8.89. The average molecular weight is 233 g/mol. The van der Waals surface area contributed by atoms with E-state index in [9.17, 15) is 0 Å². The third-order valence-corrected chi connectivity index (χ3v) is 5.56. The number of nitrogens with two attached hydrogens (primary N) is 1. The topological polar surface area (TPSA) is 26.0 Å². The van der Waals surface area contributed by atoms with Gasteiger partial charge in [0.05, 0.1) is 0 Å². The van der Waals surface area contributed by atoms with Crippen LogP contribution in [0.3, 0.4) is 0 Å². The first-order valence-corrected chi connectivity index (χ1v) is 6.77. The van der Waals surface area contributed by atoms with Gasteiger partial charge in [-0.15, -0.1) is 0 Å². The Labute approximate surface area is 107 Å². The lowest BCUT2D eigenvalue weighted by Crippen LogP contribution is -2.21. The summed E-state index contributed by atoms with van der Waals surface area (Å²) in [6.45, 7) is 0.816. The van der Waals surface area contributed by atoms with E-state index in [2.05, 4.69) is 48.5 Å². The largest absolute Gasteiger partial charge is 0.330 e. The standard InChI is InChI=1S/C17H15N/c18-9-17-14-10-5-1-3-7-12(10)15(17)16(17)13-8-4-2-6-11(13)14/h1-8,14-16H,9,18H2/t14?,15-,16+,17?. The Morgan fingerprint density at radius 2 is 1.22 bits per heavy atom. The van der Waals surface area contributed by atoms with Crippen LogP contribution >= 0.6 is 0 Å². The Kier molecular flexibility index (Phi) is 1.40. The van der Waals surface area contributed by atoms with Gasteiger partial charge in [0, 0.05) is 29.7 Å². The Balaban J connectivity index is 1.86. The van der Waals surface area contributed by atoms with Crippen molar-refractivity contribution in [2.45, 2.75) is 17.8 Å². The first kappa shape index (κ1) is 9.35. The highest BCUT2D eigenvalue weighted by Crippen LogP contribution is 2.85. The van der Waals surface area contributed by atoms with Crippen LogP contribution in [0.1, 0.15) is 40.0 Å². The fourth-order valence-electron chi connectivity index (χ4n) is 4.99. The third kappa shape index (κ3) is 0.733. The molecule has 0 saturated heterocycles. The van der Waals surface area contributed by atoms with Crippen molar-refractivity contribution in [1.82, 2.24) is 0 Å². The van der Waals surface area contributed by atoms with Gasteiger partial charge in [0.2, 0.25) is 0 Å². The van der Waals surface area contributed by atoms with Gasteiger partial charge < -0.3 is 5.73 Å². The van der Waals surface area contributed by atoms with Crippen molar-refractivity contribution in [2.24, 2.45) is 11.1 Å². The van der Waals surface area contributed by atoms with Crippen molar-refractivity contribution in [1.29, 1.82) is 0 Å². The smallest absolute Gasteiger partial charge is 0.0176 e. The maximum Gasteiger partial charge on any atom is 0.0176 e. The van der Waals surface area contributed by atoms with Crippen molar-refractivity contribution in [3.05, 3.63) is 70.8 Å². The van der Waals surface area contributed by atoms with E-state index in [1.54, 1.807) is 11.1 Å². The molecule has 5 rings (SSSR count). The highest BCUT2D eigenvalue weighted by Gasteiger charge is 2.76. The zero-order valence-electron chi connectivity index (χ0n) is 10.1. The molecule has 3 aliphatic rings. The maximum atomic E-state index is 6.19. The minimum atomic E-state index is 0.327. The molecule has 2 aromatic carbocycles. The molecule has 4 atom stereocenters. The molecule has 3 aliphatic carbocycles. The lowest BCUT2D eigenvalue weighted by Gasteiger charge is -2.19. The molecule has 1 nitrogen and oxygen atoms in total. The van der Waals surface area contributed by atoms with E-state index in [1.807, 2.05) is 0 Å². The predicted molar refractivity (Wildman–Crippen MR) is 71.7 cm³/mol. The quantitative estimate of drug-likeness (QED) is 0.805. The molecule has 0 aliphatic heterocycles. The summed E-state index contributed by atoms with van der Waals surface area (Å²) in [7, 11) is 0. The van der Waals surface area contributed by atoms with Crippen LogP contribution < -0.4 is 5.73 Å². The number of hydrogen-bond acceptors (Lipinski definition) is 1. The minimum Gasteiger partial charge on any atom is -0.330 e. The van der Waals surface area contributed by atoms with E-state index in [0.717, 1.165) is 6.54 Å². The number of hydrogen-bond donors (Lipinski definition) is 1. The van der Waals surface area contributed by atoms with Crippen LogP contribution in [0.25, 0.3) is 0 Å². The molecule has 1 fully saturated rings. The molecule has 0 spiro atoms. The molecule has 2 N–H and O–H groups in total. The lowest BCUT2D eigenvalue weighted by atomic mass is 9.85. The summed E-state index contributed by atoms with van der Waals surface area (Å²) in [4.78, 5) is 0. The molecule has 0 bridgehead atoms. The second-order valence-electron chi connectivity index (χ2n) is 5.96. The van der Waals surface area contributed by atoms with Crippen molar-refractivity contribution in [3.63, 3.8) is 0 Å². The van der Waals surface area contributed by atoms with E-state index in [4.69, 9.17) is 5.73 Å². The van der Waals surface area contributed by atoms with Gasteiger partial charge in [0.1, 0.15) is 0 Å². The van der Waals surface area contributed by atoms with Crippen LogP contribution in [0, 0.1) is 5.41 Å². The van der Waals surface area contributed by atoms with E-state index in [1.165, 1.54) is 11.1 Å². The fourth-order valence-corrected chi connectivity index (χ4v) is 4.99. The molecule has 2 unspecified atom stereocenters. The summed E-state index contributed by atoms with van der Waals surface area (Å²) >= 11 is 0. The predicted octanol–water partition coefficient (Wildman–Crippen LogP) is 2.97. The summed E-state index contributed by atoms with van der Waals surface area (Å²) in [6.07, 6.45) is 0. The Bertz CT molecular complexity index is 619. The second kappa shape index (κ2) is 2.70. The molecule has 1 heteroatoms. The molecule has 88 valence electrons. The molecule has 0 amide bonds. The van der Waals surface area contributed by atoms with Crippen LogP contribution in [0.15, 0.2) is 48.5 Å². The summed E-state index contributed by atoms with van der Waals surface area (Å²) in [5.41, 5.74) is 12.7. The van der Waals surface area contributed by atoms with Gasteiger partial charge in [-0.2, -0.15) is 0 Å². The minimum absolute atomic E-state index is 0.327. The second-order valence-corrected chi connectivity index (χ2v) is 5.96. The molecular formula is C17H15N. The summed E-state index contributed by atoms with van der Waals surface area (Å²) in [5, 5.41) is 0. The zero-order valence-corrected chi connectivity index (χ0v) is 10.1. The van der Waals surface area contributed by atoms with Crippen molar-refractivity contribution in [2.75, 3.05) is 6.54 Å². The van der Waals surface area contributed by atoms with Gasteiger partial charge in [0.25, 0.3) is 0 Å². The highest BCUT2D eigenvalue weighted by atomic mass is 14.8. The number of fused-ring (bicyclic) bond motifs is 7. The Hall–Kier alpha value is -1.60. The maximum absolute atomic E-state index is 6.19. The Morgan fingerprint density at radius 3 is 1.67 bits per heavy atom. The summed E-state index contributed by atoms with van der Waals surface area (Å²) in [6, 6.07) is 17.9. The molecule has 0 aromatic heterocycles. The van der Waals surface area contributed by atoms with Gasteiger partial charge in [-0.1, -0.05) is 48.5 Å². The molecule has 18 heavy (non-hydrogen) atoms. The molecule has 2 aromatic rings. The van der Waals surface area contributed by atoms with E-state index in [0.29, 0.717) is 23.2 Å². The van der Waals surface area contributed by atoms with Crippen LogP contribution in [0.4, 0.5) is 0 Å². The van der Waals surface area contributed by atoms with Crippen LogP contribution in [0.2, 0.25) is 0 Å². The van der Waals surface area contributed by atoms with Crippen molar-refractivity contribution < 1.29 is 0 Å². The van der Waals surface area contributed by atoms with E-state index in [-0.39, 0.29) is 0 Å². The van der Waals surface area contributed by atoms with E-state index < -0.39 is 0 Å². The summed E-state index contributed by atoms with van der Waals surface area (Å²) < 4.78 is 0. The fraction of sp³-hybridized carbons (Fsp3) is 0.294. The first-order valence-electron chi connectivity index (χ1n) is 6.77. The third-order valence-electron chi connectivity index (χ3n) is 5.56. The zero-order chi connectivity index (χ0) is 11.9. The average Bonchev–Trinajstić information content (AvgIpc) is 2.93. The van der Waals surface area contributed by atoms with Crippen LogP contribution in [-0.2, 0) is 0 Å². The number of benzene rings is 2. The molecule has 1 saturated carbocycles. The Morgan fingerprint density at radius 1 is 0.778 bits per heavy atom. The van der Waals surface area contributed by atoms with Gasteiger partial charge >= 0.3 is 0 Å². The van der Waals surface area contributed by atoms with E-state index >= 15 is 0 Å².